The molecular weight excluding hydrogens is 260 g/mol. The van der Waals surface area contributed by atoms with Crippen molar-refractivity contribution < 1.29 is 0 Å². The van der Waals surface area contributed by atoms with E-state index in [0.717, 1.165) is 11.8 Å². The van der Waals surface area contributed by atoms with Crippen LogP contribution in [0.25, 0.3) is 0 Å². The van der Waals surface area contributed by atoms with Crippen LogP contribution in [0.5, 0.6) is 0 Å². The lowest BCUT2D eigenvalue weighted by atomic mass is 9.68. The Kier molecular flexibility index (Phi) is 5.19. The highest BCUT2D eigenvalue weighted by molar-refractivity contribution is 9.09. The molecule has 0 heterocycles. The maximum Gasteiger partial charge on any atom is 0.0185 e. The zero-order valence-corrected chi connectivity index (χ0v) is 12.3. The van der Waals surface area contributed by atoms with Crippen LogP contribution in [0.4, 0.5) is 0 Å². The predicted octanol–water partition coefficient (Wildman–Crippen LogP) is 5.50. The minimum Gasteiger partial charge on any atom is -0.0887 e. The maximum absolute atomic E-state index is 3.87. The third kappa shape index (κ3) is 3.24. The molecule has 0 nitrogen and oxygen atoms in total. The van der Waals surface area contributed by atoms with Crippen LogP contribution in [0.3, 0.4) is 0 Å². The monoisotopic (exact) mass is 285 g/mol. The molecule has 0 aromatic rings. The molecule has 0 aromatic carbocycles. The molecule has 2 saturated carbocycles. The van der Waals surface area contributed by atoms with Gasteiger partial charge in [0.25, 0.3) is 0 Å². The van der Waals surface area contributed by atoms with E-state index in [-0.39, 0.29) is 0 Å². The topological polar surface area (TPSA) is 0 Å². The second kappa shape index (κ2) is 6.42. The average molecular weight is 286 g/mol. The lowest BCUT2D eigenvalue weighted by molar-refractivity contribution is 0.271. The Bertz CT molecular complexity index is 170. The molecule has 1 atom stereocenters. The van der Waals surface area contributed by atoms with Crippen molar-refractivity contribution in [3.05, 3.63) is 5.92 Å². The van der Waals surface area contributed by atoms with Crippen LogP contribution in [0.1, 0.15) is 71.1 Å². The Morgan fingerprint density at radius 1 is 0.812 bits per heavy atom. The van der Waals surface area contributed by atoms with Gasteiger partial charge in [0.15, 0.2) is 0 Å². The van der Waals surface area contributed by atoms with E-state index in [9.17, 15) is 0 Å². The van der Waals surface area contributed by atoms with E-state index in [1.54, 1.807) is 0 Å². The molecule has 16 heavy (non-hydrogen) atoms. The van der Waals surface area contributed by atoms with Crippen molar-refractivity contribution in [2.24, 2.45) is 11.8 Å². The van der Waals surface area contributed by atoms with E-state index in [1.165, 1.54) is 64.2 Å². The van der Waals surface area contributed by atoms with Crippen molar-refractivity contribution in [3.63, 3.8) is 0 Å². The third-order valence-corrected chi connectivity index (χ3v) is 5.14. The molecule has 1 heteroatoms. The SMILES string of the molecule is CC(Br)[C](C1CCCCC1)C1CCCCC1. The number of rotatable bonds is 3. The summed E-state index contributed by atoms with van der Waals surface area (Å²) in [6.07, 6.45) is 14.7. The highest BCUT2D eigenvalue weighted by Gasteiger charge is 2.34. The predicted molar refractivity (Wildman–Crippen MR) is 74.8 cm³/mol. The van der Waals surface area contributed by atoms with E-state index in [2.05, 4.69) is 22.9 Å². The molecular formula is C15H26Br. The summed E-state index contributed by atoms with van der Waals surface area (Å²) < 4.78 is 0. The van der Waals surface area contributed by atoms with E-state index in [4.69, 9.17) is 0 Å². The summed E-state index contributed by atoms with van der Waals surface area (Å²) in [5.41, 5.74) is 0. The summed E-state index contributed by atoms with van der Waals surface area (Å²) >= 11 is 3.87. The molecule has 1 radical (unpaired) electrons. The largest absolute Gasteiger partial charge is 0.0887 e. The fourth-order valence-electron chi connectivity index (χ4n) is 3.85. The Labute approximate surface area is 110 Å². The fourth-order valence-corrected chi connectivity index (χ4v) is 4.60. The van der Waals surface area contributed by atoms with Crippen molar-refractivity contribution in [2.75, 3.05) is 0 Å². The summed E-state index contributed by atoms with van der Waals surface area (Å²) in [6, 6.07) is 0. The smallest absolute Gasteiger partial charge is 0.0185 e. The highest BCUT2D eigenvalue weighted by Crippen LogP contribution is 2.44. The number of hydrogen-bond donors (Lipinski definition) is 0. The quantitative estimate of drug-likeness (QED) is 0.600. The summed E-state index contributed by atoms with van der Waals surface area (Å²) in [7, 11) is 0. The maximum atomic E-state index is 3.87. The number of hydrogen-bond acceptors (Lipinski definition) is 0. The summed E-state index contributed by atoms with van der Waals surface area (Å²) in [6.45, 7) is 2.36. The standard InChI is InChI=1S/C15H26Br/c1-12(16)15(13-8-4-2-5-9-13)14-10-6-3-7-11-14/h12-14H,2-11H2,1H3. The molecule has 0 aromatic heterocycles. The van der Waals surface area contributed by atoms with Crippen LogP contribution in [-0.4, -0.2) is 4.83 Å². The second-order valence-electron chi connectivity index (χ2n) is 5.79. The molecule has 1 unspecified atom stereocenters. The molecule has 0 bridgehead atoms. The Hall–Kier alpha value is 0.480. The van der Waals surface area contributed by atoms with Crippen LogP contribution in [0, 0.1) is 17.8 Å². The van der Waals surface area contributed by atoms with Gasteiger partial charge in [-0.25, -0.2) is 0 Å². The van der Waals surface area contributed by atoms with Gasteiger partial charge >= 0.3 is 0 Å². The molecule has 2 rings (SSSR count). The first-order valence-corrected chi connectivity index (χ1v) is 8.21. The van der Waals surface area contributed by atoms with Crippen LogP contribution in [0.15, 0.2) is 0 Å². The minimum absolute atomic E-state index is 0.652. The van der Waals surface area contributed by atoms with E-state index < -0.39 is 0 Å². The van der Waals surface area contributed by atoms with E-state index in [1.807, 2.05) is 5.92 Å². The normalized spacial score (nSPS) is 27.2. The average Bonchev–Trinajstić information content (AvgIpc) is 2.31. The van der Waals surface area contributed by atoms with Crippen LogP contribution in [0.2, 0.25) is 0 Å². The highest BCUT2D eigenvalue weighted by atomic mass is 79.9. The van der Waals surface area contributed by atoms with Crippen molar-refractivity contribution in [1.29, 1.82) is 0 Å². The van der Waals surface area contributed by atoms with Crippen molar-refractivity contribution in [1.82, 2.24) is 0 Å². The fraction of sp³-hybridized carbons (Fsp3) is 0.933. The minimum atomic E-state index is 0.652. The number of alkyl halides is 1. The molecule has 93 valence electrons. The van der Waals surface area contributed by atoms with Gasteiger partial charge in [-0.3, -0.25) is 0 Å². The van der Waals surface area contributed by atoms with Gasteiger partial charge in [-0.05, 0) is 43.4 Å². The van der Waals surface area contributed by atoms with Gasteiger partial charge < -0.3 is 0 Å². The lowest BCUT2D eigenvalue weighted by Crippen LogP contribution is -2.30. The van der Waals surface area contributed by atoms with Gasteiger partial charge in [0.1, 0.15) is 0 Å². The molecule has 0 spiro atoms. The zero-order valence-electron chi connectivity index (χ0n) is 10.7. The molecule has 0 aliphatic heterocycles. The van der Waals surface area contributed by atoms with Crippen LogP contribution < -0.4 is 0 Å². The molecule has 0 amide bonds. The Balaban J connectivity index is 1.96. The van der Waals surface area contributed by atoms with Crippen LogP contribution >= 0.6 is 15.9 Å². The first-order valence-electron chi connectivity index (χ1n) is 7.29. The summed E-state index contributed by atoms with van der Waals surface area (Å²) in [5, 5.41) is 0. The van der Waals surface area contributed by atoms with Crippen LogP contribution in [-0.2, 0) is 0 Å². The number of halogens is 1. The van der Waals surface area contributed by atoms with Crippen molar-refractivity contribution in [3.8, 4) is 0 Å². The first kappa shape index (κ1) is 12.9. The Morgan fingerprint density at radius 2 is 1.19 bits per heavy atom. The zero-order chi connectivity index (χ0) is 11.4. The molecule has 2 fully saturated rings. The summed E-state index contributed by atoms with van der Waals surface area (Å²) in [4.78, 5) is 0.652. The van der Waals surface area contributed by atoms with Gasteiger partial charge in [0.2, 0.25) is 0 Å². The van der Waals surface area contributed by atoms with E-state index in [0.29, 0.717) is 4.83 Å². The van der Waals surface area contributed by atoms with Gasteiger partial charge in [-0.1, -0.05) is 61.4 Å². The Morgan fingerprint density at radius 3 is 1.50 bits per heavy atom. The molecule has 2 aliphatic carbocycles. The first-order chi connectivity index (χ1) is 7.79. The van der Waals surface area contributed by atoms with E-state index >= 15 is 0 Å². The summed E-state index contributed by atoms with van der Waals surface area (Å²) in [5.74, 6) is 3.79. The molecule has 2 aliphatic rings. The molecule has 0 N–H and O–H groups in total. The van der Waals surface area contributed by atoms with Gasteiger partial charge in [-0.15, -0.1) is 0 Å². The van der Waals surface area contributed by atoms with Gasteiger partial charge in [0, 0.05) is 4.83 Å². The third-order valence-electron chi connectivity index (χ3n) is 4.61. The van der Waals surface area contributed by atoms with Gasteiger partial charge in [-0.2, -0.15) is 0 Å². The molecule has 0 saturated heterocycles. The lowest BCUT2D eigenvalue weighted by Gasteiger charge is -2.39. The van der Waals surface area contributed by atoms with Crippen molar-refractivity contribution in [2.45, 2.75) is 76.0 Å². The second-order valence-corrected chi connectivity index (χ2v) is 7.16. The van der Waals surface area contributed by atoms with Crippen molar-refractivity contribution >= 4 is 15.9 Å². The van der Waals surface area contributed by atoms with Gasteiger partial charge in [0.05, 0.1) is 0 Å².